The van der Waals surface area contributed by atoms with Gasteiger partial charge in [-0.15, -0.1) is 0 Å². The van der Waals surface area contributed by atoms with Crippen molar-refractivity contribution in [1.82, 2.24) is 5.32 Å². The van der Waals surface area contributed by atoms with Crippen molar-refractivity contribution in [3.05, 3.63) is 30.3 Å². The zero-order chi connectivity index (χ0) is 17.5. The van der Waals surface area contributed by atoms with Crippen LogP contribution >= 0.6 is 0 Å². The van der Waals surface area contributed by atoms with E-state index in [1.54, 1.807) is 27.7 Å². The molecule has 1 aromatic carbocycles. The van der Waals surface area contributed by atoms with E-state index in [4.69, 9.17) is 14.2 Å². The van der Waals surface area contributed by atoms with Crippen LogP contribution in [0.3, 0.4) is 0 Å². The fraction of sp³-hybridized carbons (Fsp3) is 0.529. The van der Waals surface area contributed by atoms with E-state index in [0.29, 0.717) is 5.75 Å². The summed E-state index contributed by atoms with van der Waals surface area (Å²) in [7, 11) is 0. The molecule has 0 saturated heterocycles. The Hall–Kier alpha value is -2.24. The summed E-state index contributed by atoms with van der Waals surface area (Å²) in [5, 5.41) is 2.43. The number of esters is 1. The van der Waals surface area contributed by atoms with Crippen LogP contribution < -0.4 is 10.1 Å². The molecule has 0 aromatic heterocycles. The van der Waals surface area contributed by atoms with E-state index in [2.05, 4.69) is 5.32 Å². The first kappa shape index (κ1) is 18.8. The second-order valence-corrected chi connectivity index (χ2v) is 6.24. The maximum atomic E-state index is 11.9. The molecule has 128 valence electrons. The van der Waals surface area contributed by atoms with Gasteiger partial charge in [0.05, 0.1) is 0 Å². The molecule has 1 N–H and O–H groups in total. The Balaban J connectivity index is 2.33. The summed E-state index contributed by atoms with van der Waals surface area (Å²) in [4.78, 5) is 23.4. The molecule has 0 aliphatic heterocycles. The molecule has 2 atom stereocenters. The van der Waals surface area contributed by atoms with Gasteiger partial charge in [0.1, 0.15) is 30.1 Å². The Bertz CT molecular complexity index is 509. The van der Waals surface area contributed by atoms with Crippen molar-refractivity contribution < 1.29 is 23.8 Å². The van der Waals surface area contributed by atoms with Crippen molar-refractivity contribution in [1.29, 1.82) is 0 Å². The molecule has 6 nitrogen and oxygen atoms in total. The van der Waals surface area contributed by atoms with Gasteiger partial charge in [-0.1, -0.05) is 18.2 Å². The predicted octanol–water partition coefficient (Wildman–Crippen LogP) is 2.91. The van der Waals surface area contributed by atoms with Crippen molar-refractivity contribution in [2.75, 3.05) is 6.61 Å². The number of rotatable bonds is 6. The lowest BCUT2D eigenvalue weighted by atomic mass is 10.2. The van der Waals surface area contributed by atoms with Crippen molar-refractivity contribution in [3.63, 3.8) is 0 Å². The van der Waals surface area contributed by atoms with Crippen LogP contribution in [0, 0.1) is 0 Å². The standard InChI is InChI=1S/C17H25NO5/c1-12(22-14-9-7-6-8-10-14)11-21-15(19)13(2)18-16(20)23-17(3,4)5/h6-10,12-13H,11H2,1-5H3,(H,18,20)/t12-,13-/m0/s1. The van der Waals surface area contributed by atoms with Crippen LogP contribution in [0.1, 0.15) is 34.6 Å². The number of carbonyl (C=O) groups is 2. The van der Waals surface area contributed by atoms with E-state index in [1.807, 2.05) is 30.3 Å². The number of hydrogen-bond donors (Lipinski definition) is 1. The fourth-order valence-electron chi connectivity index (χ4n) is 1.63. The Morgan fingerprint density at radius 3 is 2.30 bits per heavy atom. The van der Waals surface area contributed by atoms with Crippen molar-refractivity contribution in [2.24, 2.45) is 0 Å². The first-order chi connectivity index (χ1) is 10.7. The molecular formula is C17H25NO5. The van der Waals surface area contributed by atoms with E-state index in [-0.39, 0.29) is 12.7 Å². The predicted molar refractivity (Wildman–Crippen MR) is 86.3 cm³/mol. The minimum atomic E-state index is -0.797. The smallest absolute Gasteiger partial charge is 0.408 e. The van der Waals surface area contributed by atoms with Crippen LogP contribution in [0.2, 0.25) is 0 Å². The average molecular weight is 323 g/mol. The van der Waals surface area contributed by atoms with Crippen LogP contribution in [-0.4, -0.2) is 36.4 Å². The Kier molecular flexibility index (Phi) is 6.88. The normalized spacial score (nSPS) is 13.6. The van der Waals surface area contributed by atoms with Crippen LogP contribution in [-0.2, 0) is 14.3 Å². The SMILES string of the molecule is C[C@H](NC(=O)OC(C)(C)C)C(=O)OC[C@H](C)Oc1ccccc1. The summed E-state index contributed by atoms with van der Waals surface area (Å²) >= 11 is 0. The minimum absolute atomic E-state index is 0.0913. The maximum absolute atomic E-state index is 11.9. The number of nitrogens with one attached hydrogen (secondary N) is 1. The van der Waals surface area contributed by atoms with E-state index >= 15 is 0 Å². The van der Waals surface area contributed by atoms with E-state index < -0.39 is 23.7 Å². The number of carbonyl (C=O) groups excluding carboxylic acids is 2. The van der Waals surface area contributed by atoms with E-state index in [9.17, 15) is 9.59 Å². The highest BCUT2D eigenvalue weighted by atomic mass is 16.6. The van der Waals surface area contributed by atoms with Crippen LogP contribution in [0.5, 0.6) is 5.75 Å². The summed E-state index contributed by atoms with van der Waals surface area (Å²) in [5.74, 6) is 0.162. The molecule has 0 bridgehead atoms. The van der Waals surface area contributed by atoms with Gasteiger partial charge in [0.25, 0.3) is 0 Å². The van der Waals surface area contributed by atoms with Crippen molar-refractivity contribution in [2.45, 2.75) is 52.4 Å². The molecule has 1 aromatic rings. The molecule has 0 aliphatic carbocycles. The van der Waals surface area contributed by atoms with Crippen LogP contribution in [0.25, 0.3) is 0 Å². The molecule has 6 heteroatoms. The zero-order valence-corrected chi connectivity index (χ0v) is 14.3. The zero-order valence-electron chi connectivity index (χ0n) is 14.3. The van der Waals surface area contributed by atoms with Crippen LogP contribution in [0.4, 0.5) is 4.79 Å². The highest BCUT2D eigenvalue weighted by Gasteiger charge is 2.22. The molecule has 1 rings (SSSR count). The number of ether oxygens (including phenoxy) is 3. The maximum Gasteiger partial charge on any atom is 0.408 e. The molecular weight excluding hydrogens is 298 g/mol. The summed E-state index contributed by atoms with van der Waals surface area (Å²) in [6.07, 6.45) is -0.953. The number of hydrogen-bond acceptors (Lipinski definition) is 5. The van der Waals surface area contributed by atoms with E-state index in [1.165, 1.54) is 6.92 Å². The quantitative estimate of drug-likeness (QED) is 0.815. The number of alkyl carbamates (subject to hydrolysis) is 1. The molecule has 0 unspecified atom stereocenters. The summed E-state index contributed by atoms with van der Waals surface area (Å²) < 4.78 is 15.8. The molecule has 0 heterocycles. The number of para-hydroxylation sites is 1. The fourth-order valence-corrected chi connectivity index (χ4v) is 1.63. The third kappa shape index (κ3) is 8.09. The molecule has 0 saturated carbocycles. The van der Waals surface area contributed by atoms with Gasteiger partial charge in [0.2, 0.25) is 0 Å². The summed E-state index contributed by atoms with van der Waals surface area (Å²) in [5.41, 5.74) is -0.619. The lowest BCUT2D eigenvalue weighted by Crippen LogP contribution is -2.43. The van der Waals surface area contributed by atoms with E-state index in [0.717, 1.165) is 0 Å². The number of benzene rings is 1. The van der Waals surface area contributed by atoms with Crippen molar-refractivity contribution in [3.8, 4) is 5.75 Å². The molecule has 0 radical (unpaired) electrons. The highest BCUT2D eigenvalue weighted by molar-refractivity contribution is 5.81. The molecule has 0 aliphatic rings. The third-order valence-corrected chi connectivity index (χ3v) is 2.63. The largest absolute Gasteiger partial charge is 0.487 e. The second kappa shape index (κ2) is 8.41. The molecule has 0 fully saturated rings. The molecule has 1 amide bonds. The van der Waals surface area contributed by atoms with Gasteiger partial charge < -0.3 is 19.5 Å². The van der Waals surface area contributed by atoms with Gasteiger partial charge in [0.15, 0.2) is 0 Å². The van der Waals surface area contributed by atoms with Gasteiger partial charge in [-0.2, -0.15) is 0 Å². The lowest BCUT2D eigenvalue weighted by molar-refractivity contribution is -0.147. The monoisotopic (exact) mass is 323 g/mol. The Morgan fingerprint density at radius 2 is 1.74 bits per heavy atom. The molecule has 0 spiro atoms. The van der Waals surface area contributed by atoms with Gasteiger partial charge in [-0.05, 0) is 46.8 Å². The highest BCUT2D eigenvalue weighted by Crippen LogP contribution is 2.11. The van der Waals surface area contributed by atoms with Gasteiger partial charge in [-0.25, -0.2) is 9.59 Å². The topological polar surface area (TPSA) is 73.9 Å². The summed E-state index contributed by atoms with van der Waals surface area (Å²) in [6, 6.07) is 8.47. The Labute approximate surface area is 137 Å². The minimum Gasteiger partial charge on any atom is -0.487 e. The third-order valence-electron chi connectivity index (χ3n) is 2.63. The average Bonchev–Trinajstić information content (AvgIpc) is 2.43. The first-order valence-corrected chi connectivity index (χ1v) is 7.55. The van der Waals surface area contributed by atoms with Crippen molar-refractivity contribution >= 4 is 12.1 Å². The van der Waals surface area contributed by atoms with Gasteiger partial charge in [0, 0.05) is 0 Å². The Morgan fingerprint density at radius 1 is 1.13 bits per heavy atom. The number of amides is 1. The summed E-state index contributed by atoms with van der Waals surface area (Å²) in [6.45, 7) is 8.67. The van der Waals surface area contributed by atoms with Gasteiger partial charge >= 0.3 is 12.1 Å². The van der Waals surface area contributed by atoms with Gasteiger partial charge in [-0.3, -0.25) is 0 Å². The first-order valence-electron chi connectivity index (χ1n) is 7.55. The lowest BCUT2D eigenvalue weighted by Gasteiger charge is -2.21. The van der Waals surface area contributed by atoms with Crippen LogP contribution in [0.15, 0.2) is 30.3 Å². The second-order valence-electron chi connectivity index (χ2n) is 6.24. The molecule has 23 heavy (non-hydrogen) atoms.